The van der Waals surface area contributed by atoms with Crippen molar-refractivity contribution in [2.75, 3.05) is 13.2 Å². The van der Waals surface area contributed by atoms with Gasteiger partial charge >= 0.3 is 0 Å². The maximum absolute atomic E-state index is 10.3. The molecule has 0 N–H and O–H groups in total. The van der Waals surface area contributed by atoms with Gasteiger partial charge in [-0.1, -0.05) is 42.5 Å². The molecule has 0 heterocycles. The van der Waals surface area contributed by atoms with Crippen LogP contribution in [0.15, 0.2) is 42.5 Å². The van der Waals surface area contributed by atoms with Crippen LogP contribution in [0, 0.1) is 0 Å². The Morgan fingerprint density at radius 1 is 1.28 bits per heavy atom. The zero-order chi connectivity index (χ0) is 13.1. The number of ether oxygens (including phenoxy) is 2. The van der Waals surface area contributed by atoms with Crippen LogP contribution in [0.4, 0.5) is 0 Å². The van der Waals surface area contributed by atoms with E-state index >= 15 is 0 Å². The molecule has 3 heteroatoms. The molecule has 98 valence electrons. The Hall–Kier alpha value is -1.45. The molecule has 0 aromatic heterocycles. The molecular weight excluding hydrogens is 228 g/mol. The second kappa shape index (κ2) is 9.57. The van der Waals surface area contributed by atoms with E-state index in [1.165, 1.54) is 0 Å². The van der Waals surface area contributed by atoms with Crippen LogP contribution in [0.2, 0.25) is 0 Å². The zero-order valence-electron chi connectivity index (χ0n) is 10.7. The molecule has 0 aliphatic rings. The Bertz CT molecular complexity index is 346. The third kappa shape index (κ3) is 6.33. The van der Waals surface area contributed by atoms with Gasteiger partial charge in [-0.25, -0.2) is 0 Å². The van der Waals surface area contributed by atoms with Crippen molar-refractivity contribution in [3.8, 4) is 0 Å². The van der Waals surface area contributed by atoms with Crippen molar-refractivity contribution in [1.29, 1.82) is 0 Å². The van der Waals surface area contributed by atoms with Gasteiger partial charge in [0.2, 0.25) is 0 Å². The van der Waals surface area contributed by atoms with Crippen molar-refractivity contribution in [2.24, 2.45) is 0 Å². The molecule has 0 aliphatic heterocycles. The molecule has 0 aliphatic carbocycles. The Morgan fingerprint density at radius 2 is 2.06 bits per heavy atom. The van der Waals surface area contributed by atoms with E-state index < -0.39 is 0 Å². The fraction of sp³-hybridized carbons (Fsp3) is 0.400. The molecule has 1 aromatic carbocycles. The second-order valence-electron chi connectivity index (χ2n) is 3.93. The van der Waals surface area contributed by atoms with Gasteiger partial charge in [0, 0.05) is 0 Å². The maximum Gasteiger partial charge on any atom is 0.145 e. The first-order chi connectivity index (χ1) is 8.86. The van der Waals surface area contributed by atoms with Crippen LogP contribution in [0.1, 0.15) is 18.9 Å². The van der Waals surface area contributed by atoms with Crippen molar-refractivity contribution in [2.45, 2.75) is 26.1 Å². The maximum atomic E-state index is 10.3. The van der Waals surface area contributed by atoms with Gasteiger partial charge in [0.1, 0.15) is 12.9 Å². The average molecular weight is 248 g/mol. The van der Waals surface area contributed by atoms with Gasteiger partial charge in [-0.15, -0.1) is 0 Å². The summed E-state index contributed by atoms with van der Waals surface area (Å²) in [5.41, 5.74) is 1.14. The van der Waals surface area contributed by atoms with Crippen LogP contribution < -0.4 is 0 Å². The fourth-order valence-corrected chi connectivity index (χ4v) is 1.53. The highest BCUT2D eigenvalue weighted by Gasteiger charge is 2.07. The largest absolute Gasteiger partial charge is 0.374 e. The number of rotatable bonds is 9. The predicted octanol–water partition coefficient (Wildman–Crippen LogP) is 2.75. The van der Waals surface area contributed by atoms with Crippen molar-refractivity contribution in [3.05, 3.63) is 48.0 Å². The van der Waals surface area contributed by atoms with E-state index in [1.54, 1.807) is 0 Å². The summed E-state index contributed by atoms with van der Waals surface area (Å²) in [4.78, 5) is 10.3. The van der Waals surface area contributed by atoms with Crippen LogP contribution in [0.3, 0.4) is 0 Å². The molecule has 1 unspecified atom stereocenters. The van der Waals surface area contributed by atoms with E-state index in [0.717, 1.165) is 18.3 Å². The number of benzene rings is 1. The Balaban J connectivity index is 2.29. The Labute approximate surface area is 108 Å². The summed E-state index contributed by atoms with van der Waals surface area (Å²) in [6, 6.07) is 9.99. The molecule has 0 radical (unpaired) electrons. The van der Waals surface area contributed by atoms with Crippen molar-refractivity contribution < 1.29 is 14.3 Å². The molecule has 1 rings (SSSR count). The Kier molecular flexibility index (Phi) is 7.77. The minimum absolute atomic E-state index is 0.0601. The van der Waals surface area contributed by atoms with Gasteiger partial charge in [-0.05, 0) is 18.9 Å². The van der Waals surface area contributed by atoms with Crippen LogP contribution >= 0.6 is 0 Å². The molecule has 1 atom stereocenters. The monoisotopic (exact) mass is 248 g/mol. The molecule has 0 fully saturated rings. The van der Waals surface area contributed by atoms with Gasteiger partial charge in [-0.2, -0.15) is 0 Å². The third-order valence-corrected chi connectivity index (χ3v) is 2.45. The number of carbonyl (C=O) groups is 1. The first-order valence-corrected chi connectivity index (χ1v) is 6.15. The van der Waals surface area contributed by atoms with E-state index in [-0.39, 0.29) is 12.7 Å². The molecule has 0 saturated heterocycles. The normalized spacial score (nSPS) is 12.7. The summed E-state index contributed by atoms with van der Waals surface area (Å²) in [6.07, 6.45) is 5.45. The first-order valence-electron chi connectivity index (χ1n) is 6.15. The SMILES string of the molecule is CC=CCC(COCc1ccccc1)OCC=O. The van der Waals surface area contributed by atoms with E-state index in [0.29, 0.717) is 13.2 Å². The predicted molar refractivity (Wildman–Crippen MR) is 71.3 cm³/mol. The minimum Gasteiger partial charge on any atom is -0.374 e. The summed E-state index contributed by atoms with van der Waals surface area (Å²) < 4.78 is 11.0. The molecule has 0 amide bonds. The summed E-state index contributed by atoms with van der Waals surface area (Å²) in [5.74, 6) is 0. The molecule has 0 bridgehead atoms. The Morgan fingerprint density at radius 3 is 2.72 bits per heavy atom. The lowest BCUT2D eigenvalue weighted by Gasteiger charge is -2.15. The lowest BCUT2D eigenvalue weighted by atomic mass is 10.2. The third-order valence-electron chi connectivity index (χ3n) is 2.45. The molecule has 0 spiro atoms. The van der Waals surface area contributed by atoms with E-state index in [2.05, 4.69) is 0 Å². The summed E-state index contributed by atoms with van der Waals surface area (Å²) in [7, 11) is 0. The van der Waals surface area contributed by atoms with Crippen LogP contribution in [-0.2, 0) is 20.9 Å². The van der Waals surface area contributed by atoms with Gasteiger partial charge in [0.25, 0.3) is 0 Å². The second-order valence-corrected chi connectivity index (χ2v) is 3.93. The topological polar surface area (TPSA) is 35.5 Å². The number of hydrogen-bond acceptors (Lipinski definition) is 3. The minimum atomic E-state index is -0.0601. The number of aldehydes is 1. The van der Waals surface area contributed by atoms with Crippen molar-refractivity contribution in [3.63, 3.8) is 0 Å². The highest BCUT2D eigenvalue weighted by Crippen LogP contribution is 2.05. The summed E-state index contributed by atoms with van der Waals surface area (Å²) in [6.45, 7) is 3.14. The lowest BCUT2D eigenvalue weighted by Crippen LogP contribution is -2.20. The molecular formula is C15H20O3. The zero-order valence-corrected chi connectivity index (χ0v) is 10.7. The average Bonchev–Trinajstić information content (AvgIpc) is 2.42. The first kappa shape index (κ1) is 14.6. The number of hydrogen-bond donors (Lipinski definition) is 0. The van der Waals surface area contributed by atoms with Gasteiger partial charge in [0.15, 0.2) is 0 Å². The molecule has 18 heavy (non-hydrogen) atoms. The smallest absolute Gasteiger partial charge is 0.145 e. The van der Waals surface area contributed by atoms with E-state index in [1.807, 2.05) is 49.4 Å². The summed E-state index contributed by atoms with van der Waals surface area (Å²) >= 11 is 0. The quantitative estimate of drug-likeness (QED) is 0.498. The van der Waals surface area contributed by atoms with Crippen molar-refractivity contribution in [1.82, 2.24) is 0 Å². The van der Waals surface area contributed by atoms with Crippen LogP contribution in [0.5, 0.6) is 0 Å². The highest BCUT2D eigenvalue weighted by atomic mass is 16.5. The van der Waals surface area contributed by atoms with Gasteiger partial charge in [-0.3, -0.25) is 0 Å². The van der Waals surface area contributed by atoms with Gasteiger partial charge < -0.3 is 14.3 Å². The lowest BCUT2D eigenvalue weighted by molar-refractivity contribution is -0.115. The number of allylic oxidation sites excluding steroid dienone is 1. The summed E-state index contributed by atoms with van der Waals surface area (Å²) in [5, 5.41) is 0. The number of carbonyl (C=O) groups excluding carboxylic acids is 1. The standard InChI is InChI=1S/C15H20O3/c1-2-3-9-15(18-11-10-16)13-17-12-14-7-5-4-6-8-14/h2-8,10,15H,9,11-13H2,1H3. The van der Waals surface area contributed by atoms with Gasteiger partial charge in [0.05, 0.1) is 19.3 Å². The van der Waals surface area contributed by atoms with Crippen LogP contribution in [-0.4, -0.2) is 25.6 Å². The van der Waals surface area contributed by atoms with Crippen LogP contribution in [0.25, 0.3) is 0 Å². The molecule has 3 nitrogen and oxygen atoms in total. The van der Waals surface area contributed by atoms with Crippen molar-refractivity contribution >= 4 is 6.29 Å². The molecule has 0 saturated carbocycles. The highest BCUT2D eigenvalue weighted by molar-refractivity contribution is 5.50. The van der Waals surface area contributed by atoms with E-state index in [4.69, 9.17) is 9.47 Å². The molecule has 1 aromatic rings. The fourth-order valence-electron chi connectivity index (χ4n) is 1.53. The van der Waals surface area contributed by atoms with E-state index in [9.17, 15) is 4.79 Å².